The molecular weight excluding hydrogens is 180 g/mol. The molecule has 0 aromatic heterocycles. The molecule has 0 N–H and O–H groups in total. The van der Waals surface area contributed by atoms with Crippen LogP contribution in [-0.4, -0.2) is 0 Å². The van der Waals surface area contributed by atoms with Crippen LogP contribution in [0.2, 0.25) is 0 Å². The third-order valence-corrected chi connectivity index (χ3v) is 4.20. The van der Waals surface area contributed by atoms with Crippen molar-refractivity contribution in [3.05, 3.63) is 0 Å². The monoisotopic (exact) mass is 212 g/mol. The van der Waals surface area contributed by atoms with Gasteiger partial charge in [0.05, 0.1) is 0 Å². The second kappa shape index (κ2) is 9.24. The van der Waals surface area contributed by atoms with Crippen LogP contribution in [0, 0.1) is 17.8 Å². The van der Waals surface area contributed by atoms with E-state index in [4.69, 9.17) is 0 Å². The van der Waals surface area contributed by atoms with Gasteiger partial charge in [0, 0.05) is 0 Å². The summed E-state index contributed by atoms with van der Waals surface area (Å²) in [5, 5.41) is 0. The first-order valence-electron chi connectivity index (χ1n) is 7.24. The van der Waals surface area contributed by atoms with Crippen molar-refractivity contribution in [1.82, 2.24) is 0 Å². The molecule has 92 valence electrons. The molecule has 0 aromatic carbocycles. The molecule has 0 spiro atoms. The van der Waals surface area contributed by atoms with Gasteiger partial charge in [0.2, 0.25) is 0 Å². The van der Waals surface area contributed by atoms with Crippen molar-refractivity contribution in [1.29, 1.82) is 0 Å². The molecule has 0 heteroatoms. The van der Waals surface area contributed by atoms with Crippen molar-refractivity contribution in [3.63, 3.8) is 0 Å². The average molecular weight is 212 g/mol. The molecule has 15 heavy (non-hydrogen) atoms. The summed E-state index contributed by atoms with van der Waals surface area (Å²) < 4.78 is 0. The van der Waals surface area contributed by atoms with Gasteiger partial charge in [0.25, 0.3) is 0 Å². The van der Waals surface area contributed by atoms with Crippen molar-refractivity contribution in [3.8, 4) is 0 Å². The molecule has 0 nitrogen and oxygen atoms in total. The Labute approximate surface area is 97.8 Å². The molecule has 0 saturated carbocycles. The van der Waals surface area contributed by atoms with Crippen LogP contribution in [0.1, 0.15) is 79.6 Å². The fraction of sp³-hybridized carbons (Fsp3) is 1.00. The first-order chi connectivity index (χ1) is 7.24. The Morgan fingerprint density at radius 2 is 1.07 bits per heavy atom. The lowest BCUT2D eigenvalue weighted by Gasteiger charge is -2.32. The normalized spacial score (nSPS) is 12.0. The Kier molecular flexibility index (Phi) is 9.24. The predicted octanol–water partition coefficient (Wildman–Crippen LogP) is 5.67. The molecule has 0 amide bonds. The molecule has 0 fully saturated rings. The standard InChI is InChI=1S/C15H32/c1-6-11-12-15(13(7-2)8-3)14(9-4)10-5/h13-15H,6-12H2,1-5H3. The summed E-state index contributed by atoms with van der Waals surface area (Å²) in [7, 11) is 0. The van der Waals surface area contributed by atoms with Crippen LogP contribution in [0.15, 0.2) is 0 Å². The fourth-order valence-corrected chi connectivity index (χ4v) is 3.08. The minimum Gasteiger partial charge on any atom is -0.0654 e. The lowest BCUT2D eigenvalue weighted by atomic mass is 9.74. The van der Waals surface area contributed by atoms with E-state index in [1.165, 1.54) is 44.9 Å². The lowest BCUT2D eigenvalue weighted by molar-refractivity contribution is 0.185. The third-order valence-electron chi connectivity index (χ3n) is 4.20. The van der Waals surface area contributed by atoms with E-state index in [1.807, 2.05) is 0 Å². The van der Waals surface area contributed by atoms with E-state index in [2.05, 4.69) is 34.6 Å². The van der Waals surface area contributed by atoms with Crippen molar-refractivity contribution in [2.75, 3.05) is 0 Å². The van der Waals surface area contributed by atoms with Crippen molar-refractivity contribution in [2.45, 2.75) is 79.6 Å². The third kappa shape index (κ3) is 5.04. The zero-order valence-corrected chi connectivity index (χ0v) is 11.7. The summed E-state index contributed by atoms with van der Waals surface area (Å²) in [5.74, 6) is 2.94. The molecular formula is C15H32. The first kappa shape index (κ1) is 15.0. The van der Waals surface area contributed by atoms with Gasteiger partial charge in [-0.05, 0) is 24.2 Å². The van der Waals surface area contributed by atoms with Crippen LogP contribution < -0.4 is 0 Å². The molecule has 0 bridgehead atoms. The summed E-state index contributed by atoms with van der Waals surface area (Å²) in [6.45, 7) is 11.8. The Bertz CT molecular complexity index is 108. The first-order valence-corrected chi connectivity index (χ1v) is 7.24. The highest BCUT2D eigenvalue weighted by molar-refractivity contribution is 4.74. The van der Waals surface area contributed by atoms with Crippen molar-refractivity contribution in [2.24, 2.45) is 17.8 Å². The Morgan fingerprint density at radius 1 is 0.667 bits per heavy atom. The van der Waals surface area contributed by atoms with Crippen LogP contribution in [0.3, 0.4) is 0 Å². The van der Waals surface area contributed by atoms with E-state index in [-0.39, 0.29) is 0 Å². The smallest absolute Gasteiger partial charge is 0.0358 e. The van der Waals surface area contributed by atoms with Gasteiger partial charge in [0.1, 0.15) is 0 Å². The Balaban J connectivity index is 4.38. The minimum absolute atomic E-state index is 0.974. The van der Waals surface area contributed by atoms with Crippen molar-refractivity contribution < 1.29 is 0 Å². The Hall–Kier alpha value is 0. The molecule has 0 aliphatic carbocycles. The van der Waals surface area contributed by atoms with Crippen LogP contribution in [-0.2, 0) is 0 Å². The number of hydrogen-bond donors (Lipinski definition) is 0. The molecule has 0 atom stereocenters. The van der Waals surface area contributed by atoms with Gasteiger partial charge in [-0.1, -0.05) is 73.1 Å². The van der Waals surface area contributed by atoms with Crippen LogP contribution >= 0.6 is 0 Å². The highest BCUT2D eigenvalue weighted by Crippen LogP contribution is 2.34. The van der Waals surface area contributed by atoms with Gasteiger partial charge >= 0.3 is 0 Å². The average Bonchev–Trinajstić information content (AvgIpc) is 2.28. The van der Waals surface area contributed by atoms with E-state index in [9.17, 15) is 0 Å². The largest absolute Gasteiger partial charge is 0.0654 e. The van der Waals surface area contributed by atoms with E-state index in [0.29, 0.717) is 0 Å². The van der Waals surface area contributed by atoms with Crippen LogP contribution in [0.4, 0.5) is 0 Å². The maximum Gasteiger partial charge on any atom is -0.0358 e. The van der Waals surface area contributed by atoms with E-state index < -0.39 is 0 Å². The topological polar surface area (TPSA) is 0 Å². The summed E-state index contributed by atoms with van der Waals surface area (Å²) in [6, 6.07) is 0. The van der Waals surface area contributed by atoms with Gasteiger partial charge in [-0.2, -0.15) is 0 Å². The van der Waals surface area contributed by atoms with Crippen LogP contribution in [0.25, 0.3) is 0 Å². The molecule has 0 heterocycles. The highest BCUT2D eigenvalue weighted by atomic mass is 14.3. The van der Waals surface area contributed by atoms with Gasteiger partial charge in [0.15, 0.2) is 0 Å². The van der Waals surface area contributed by atoms with Gasteiger partial charge < -0.3 is 0 Å². The molecule has 0 unspecified atom stereocenters. The van der Waals surface area contributed by atoms with E-state index in [1.54, 1.807) is 0 Å². The summed E-state index contributed by atoms with van der Waals surface area (Å²) in [4.78, 5) is 0. The summed E-state index contributed by atoms with van der Waals surface area (Å²) in [6.07, 6.45) is 9.76. The second-order valence-electron chi connectivity index (χ2n) is 4.96. The minimum atomic E-state index is 0.974. The number of unbranched alkanes of at least 4 members (excludes halogenated alkanes) is 1. The van der Waals surface area contributed by atoms with E-state index >= 15 is 0 Å². The summed E-state index contributed by atoms with van der Waals surface area (Å²) >= 11 is 0. The molecule has 0 saturated heterocycles. The van der Waals surface area contributed by atoms with Gasteiger partial charge in [-0.25, -0.2) is 0 Å². The molecule has 0 rings (SSSR count). The van der Waals surface area contributed by atoms with E-state index in [0.717, 1.165) is 17.8 Å². The lowest BCUT2D eigenvalue weighted by Crippen LogP contribution is -2.22. The van der Waals surface area contributed by atoms with Gasteiger partial charge in [-0.3, -0.25) is 0 Å². The molecule has 0 aliphatic rings. The SMILES string of the molecule is CCCCC(C(CC)CC)C(CC)CC. The molecule has 0 aliphatic heterocycles. The molecule has 0 aromatic rings. The maximum atomic E-state index is 2.37. The quantitative estimate of drug-likeness (QED) is 0.462. The van der Waals surface area contributed by atoms with Gasteiger partial charge in [-0.15, -0.1) is 0 Å². The zero-order valence-electron chi connectivity index (χ0n) is 11.7. The predicted molar refractivity (Wildman–Crippen MR) is 71.2 cm³/mol. The fourth-order valence-electron chi connectivity index (χ4n) is 3.08. The maximum absolute atomic E-state index is 2.37. The molecule has 0 radical (unpaired) electrons. The highest BCUT2D eigenvalue weighted by Gasteiger charge is 2.24. The number of hydrogen-bond acceptors (Lipinski definition) is 0. The second-order valence-corrected chi connectivity index (χ2v) is 4.96. The van der Waals surface area contributed by atoms with Crippen molar-refractivity contribution >= 4 is 0 Å². The van der Waals surface area contributed by atoms with Crippen LogP contribution in [0.5, 0.6) is 0 Å². The zero-order chi connectivity index (χ0) is 11.7. The number of rotatable bonds is 9. The Morgan fingerprint density at radius 3 is 1.33 bits per heavy atom. The summed E-state index contributed by atoms with van der Waals surface area (Å²) in [5.41, 5.74) is 0.